The van der Waals surface area contributed by atoms with Crippen LogP contribution < -0.4 is 5.43 Å². The van der Waals surface area contributed by atoms with Crippen molar-refractivity contribution >= 4 is 23.2 Å². The number of amides is 1. The highest BCUT2D eigenvalue weighted by molar-refractivity contribution is 6.31. The van der Waals surface area contributed by atoms with E-state index in [1.807, 2.05) is 0 Å². The molecule has 1 amide bonds. The molecular formula is C15H11ClF2N2O2. The maximum absolute atomic E-state index is 13.6. The average Bonchev–Trinajstić information content (AvgIpc) is 2.47. The largest absolute Gasteiger partial charge is 0.507 e. The Hall–Kier alpha value is -2.47. The quantitative estimate of drug-likeness (QED) is 0.670. The van der Waals surface area contributed by atoms with Gasteiger partial charge in [0.25, 0.3) is 5.91 Å². The van der Waals surface area contributed by atoms with E-state index in [1.165, 1.54) is 31.2 Å². The van der Waals surface area contributed by atoms with E-state index >= 15 is 0 Å². The van der Waals surface area contributed by atoms with Gasteiger partial charge in [0.05, 0.1) is 11.3 Å². The molecule has 114 valence electrons. The van der Waals surface area contributed by atoms with Crippen molar-refractivity contribution in [3.05, 3.63) is 64.2 Å². The van der Waals surface area contributed by atoms with Crippen LogP contribution in [0.2, 0.25) is 5.02 Å². The van der Waals surface area contributed by atoms with Crippen molar-refractivity contribution in [3.63, 3.8) is 0 Å². The molecule has 0 aliphatic carbocycles. The highest BCUT2D eigenvalue weighted by Crippen LogP contribution is 2.21. The van der Waals surface area contributed by atoms with Gasteiger partial charge in [0.2, 0.25) is 0 Å². The first-order valence-corrected chi connectivity index (χ1v) is 6.55. The lowest BCUT2D eigenvalue weighted by Crippen LogP contribution is -2.19. The summed E-state index contributed by atoms with van der Waals surface area (Å²) >= 11 is 5.74. The van der Waals surface area contributed by atoms with Crippen molar-refractivity contribution in [1.82, 2.24) is 5.43 Å². The first kappa shape index (κ1) is 15.9. The van der Waals surface area contributed by atoms with Crippen LogP contribution in [0.15, 0.2) is 41.5 Å². The number of aromatic hydroxyl groups is 1. The molecule has 2 aromatic carbocycles. The fourth-order valence-corrected chi connectivity index (χ4v) is 1.90. The van der Waals surface area contributed by atoms with Crippen molar-refractivity contribution in [2.75, 3.05) is 0 Å². The molecule has 0 spiro atoms. The zero-order valence-corrected chi connectivity index (χ0v) is 12.2. The Morgan fingerprint density at radius 2 is 1.91 bits per heavy atom. The van der Waals surface area contributed by atoms with Gasteiger partial charge in [-0.3, -0.25) is 4.79 Å². The number of hydrogen-bond donors (Lipinski definition) is 2. The van der Waals surface area contributed by atoms with Crippen LogP contribution >= 0.6 is 11.6 Å². The van der Waals surface area contributed by atoms with Crippen LogP contribution in [0.3, 0.4) is 0 Å². The zero-order valence-electron chi connectivity index (χ0n) is 11.4. The zero-order chi connectivity index (χ0) is 16.3. The number of benzene rings is 2. The van der Waals surface area contributed by atoms with Gasteiger partial charge in [-0.2, -0.15) is 5.10 Å². The molecule has 0 saturated heterocycles. The number of nitrogens with zero attached hydrogens (tertiary/aromatic N) is 1. The summed E-state index contributed by atoms with van der Waals surface area (Å²) < 4.78 is 26.4. The second-order valence-electron chi connectivity index (χ2n) is 4.42. The van der Waals surface area contributed by atoms with Crippen molar-refractivity contribution < 1.29 is 18.7 Å². The predicted molar refractivity (Wildman–Crippen MR) is 79.2 cm³/mol. The van der Waals surface area contributed by atoms with Crippen molar-refractivity contribution in [2.24, 2.45) is 5.10 Å². The highest BCUT2D eigenvalue weighted by Gasteiger charge is 2.12. The van der Waals surface area contributed by atoms with E-state index in [-0.39, 0.29) is 27.6 Å². The Morgan fingerprint density at radius 1 is 1.18 bits per heavy atom. The molecule has 0 atom stereocenters. The third kappa shape index (κ3) is 3.59. The van der Waals surface area contributed by atoms with Crippen LogP contribution in [0.5, 0.6) is 5.75 Å². The van der Waals surface area contributed by atoms with Gasteiger partial charge in [-0.05, 0) is 37.3 Å². The summed E-state index contributed by atoms with van der Waals surface area (Å²) in [5.74, 6) is -2.47. The van der Waals surface area contributed by atoms with Crippen molar-refractivity contribution in [2.45, 2.75) is 6.92 Å². The fourth-order valence-electron chi connectivity index (χ4n) is 1.73. The first-order chi connectivity index (χ1) is 10.4. The number of hydrogen-bond acceptors (Lipinski definition) is 3. The van der Waals surface area contributed by atoms with Gasteiger partial charge in [-0.15, -0.1) is 0 Å². The number of rotatable bonds is 3. The Morgan fingerprint density at radius 3 is 2.59 bits per heavy atom. The number of halogens is 3. The Labute approximate surface area is 130 Å². The SMILES string of the molecule is C/C(=N/NC(=O)c1cc(Cl)ccc1O)c1ccc(F)cc1F. The third-order valence-corrected chi connectivity index (χ3v) is 3.08. The molecule has 0 aliphatic rings. The normalized spacial score (nSPS) is 11.4. The molecule has 0 unspecified atom stereocenters. The van der Waals surface area contributed by atoms with Gasteiger partial charge in [0.1, 0.15) is 17.4 Å². The minimum Gasteiger partial charge on any atom is -0.507 e. The number of carbonyl (C=O) groups excluding carboxylic acids is 1. The van der Waals surface area contributed by atoms with Crippen LogP contribution in [-0.4, -0.2) is 16.7 Å². The predicted octanol–water partition coefficient (Wildman–Crippen LogP) is 3.48. The Kier molecular flexibility index (Phi) is 4.72. The molecule has 2 N–H and O–H groups in total. The molecular weight excluding hydrogens is 314 g/mol. The summed E-state index contributed by atoms with van der Waals surface area (Å²) in [6, 6.07) is 6.99. The van der Waals surface area contributed by atoms with Gasteiger partial charge < -0.3 is 5.11 Å². The summed E-state index contributed by atoms with van der Waals surface area (Å²) in [4.78, 5) is 11.9. The molecule has 0 aromatic heterocycles. The van der Waals surface area contributed by atoms with Crippen LogP contribution in [0.25, 0.3) is 0 Å². The van der Waals surface area contributed by atoms with E-state index in [1.54, 1.807) is 0 Å². The lowest BCUT2D eigenvalue weighted by Gasteiger charge is -2.06. The summed E-state index contributed by atoms with van der Waals surface area (Å²) in [6.07, 6.45) is 0. The van der Waals surface area contributed by atoms with Crippen molar-refractivity contribution in [1.29, 1.82) is 0 Å². The molecule has 0 saturated carbocycles. The molecule has 4 nitrogen and oxygen atoms in total. The van der Waals surface area contributed by atoms with E-state index in [4.69, 9.17) is 11.6 Å². The standard InChI is InChI=1S/C15H11ClF2N2O2/c1-8(11-4-3-10(17)7-13(11)18)19-20-15(22)12-6-9(16)2-5-14(12)21/h2-7,21H,1H3,(H,20,22)/b19-8-. The molecule has 0 heterocycles. The third-order valence-electron chi connectivity index (χ3n) is 2.85. The van der Waals surface area contributed by atoms with E-state index in [0.29, 0.717) is 0 Å². The van der Waals surface area contributed by atoms with Crippen LogP contribution in [0, 0.1) is 11.6 Å². The summed E-state index contributed by atoms with van der Waals surface area (Å²) in [6.45, 7) is 1.45. The smallest absolute Gasteiger partial charge is 0.275 e. The summed E-state index contributed by atoms with van der Waals surface area (Å²) in [5, 5.41) is 13.6. The number of phenols is 1. The monoisotopic (exact) mass is 324 g/mol. The number of nitrogens with one attached hydrogen (secondary N) is 1. The maximum atomic E-state index is 13.6. The molecule has 0 bridgehead atoms. The molecule has 0 aliphatic heterocycles. The van der Waals surface area contributed by atoms with Gasteiger partial charge in [-0.25, -0.2) is 14.2 Å². The number of phenolic OH excluding ortho intramolecular Hbond substituents is 1. The molecule has 2 aromatic rings. The highest BCUT2D eigenvalue weighted by atomic mass is 35.5. The van der Waals surface area contributed by atoms with Gasteiger partial charge >= 0.3 is 0 Å². The van der Waals surface area contributed by atoms with E-state index in [2.05, 4.69) is 10.5 Å². The fraction of sp³-hybridized carbons (Fsp3) is 0.0667. The summed E-state index contributed by atoms with van der Waals surface area (Å²) in [7, 11) is 0. The van der Waals surface area contributed by atoms with Crippen LogP contribution in [0.4, 0.5) is 8.78 Å². The van der Waals surface area contributed by atoms with Gasteiger partial charge in [0, 0.05) is 16.7 Å². The van der Waals surface area contributed by atoms with Gasteiger partial charge in [-0.1, -0.05) is 11.6 Å². The maximum Gasteiger partial charge on any atom is 0.275 e. The summed E-state index contributed by atoms with van der Waals surface area (Å²) in [5.41, 5.74) is 2.31. The van der Waals surface area contributed by atoms with Crippen LogP contribution in [-0.2, 0) is 0 Å². The van der Waals surface area contributed by atoms with E-state index < -0.39 is 17.5 Å². The lowest BCUT2D eigenvalue weighted by atomic mass is 10.1. The number of hydrazone groups is 1. The second-order valence-corrected chi connectivity index (χ2v) is 4.86. The average molecular weight is 325 g/mol. The molecule has 2 rings (SSSR count). The second kappa shape index (κ2) is 6.53. The lowest BCUT2D eigenvalue weighted by molar-refractivity contribution is 0.0952. The minimum atomic E-state index is -0.791. The topological polar surface area (TPSA) is 61.7 Å². The van der Waals surface area contributed by atoms with Gasteiger partial charge in [0.15, 0.2) is 0 Å². The first-order valence-electron chi connectivity index (χ1n) is 6.17. The minimum absolute atomic E-state index is 0.0528. The molecule has 22 heavy (non-hydrogen) atoms. The number of carbonyl (C=O) groups is 1. The van der Waals surface area contributed by atoms with Crippen LogP contribution in [0.1, 0.15) is 22.8 Å². The molecule has 0 radical (unpaired) electrons. The molecule has 7 heteroatoms. The van der Waals surface area contributed by atoms with E-state index in [9.17, 15) is 18.7 Å². The van der Waals surface area contributed by atoms with Crippen molar-refractivity contribution in [3.8, 4) is 5.75 Å². The molecule has 0 fully saturated rings. The Balaban J connectivity index is 2.20. The van der Waals surface area contributed by atoms with E-state index in [0.717, 1.165) is 12.1 Å². The Bertz CT molecular complexity index is 763.